The molecule has 296 valence electrons. The van der Waals surface area contributed by atoms with Crippen molar-refractivity contribution < 1.29 is 48.2 Å². The summed E-state index contributed by atoms with van der Waals surface area (Å²) in [5.74, 6) is 0. The number of ether oxygens (including phenoxy) is 7. The zero-order chi connectivity index (χ0) is 39.1. The lowest BCUT2D eigenvalue weighted by molar-refractivity contribution is -0.218. The number of aliphatic hydroxyl groups is 2. The smallest absolute Gasteiger partial charge is 0.409 e. The van der Waals surface area contributed by atoms with E-state index < -0.39 is 55.6 Å². The largest absolute Gasteiger partial charge is 0.438 e. The first-order chi connectivity index (χ1) is 27.4. The van der Waals surface area contributed by atoms with Crippen LogP contribution < -0.4 is 0 Å². The molecule has 0 radical (unpaired) electrons. The zero-order valence-corrected chi connectivity index (χ0v) is 31.8. The van der Waals surface area contributed by atoms with Crippen molar-refractivity contribution in [2.45, 2.75) is 69.3 Å². The molecule has 0 aromatic heterocycles. The van der Waals surface area contributed by atoms with Gasteiger partial charge in [-0.2, -0.15) is 0 Å². The highest BCUT2D eigenvalue weighted by Crippen LogP contribution is 2.28. The topological polar surface area (TPSA) is 125 Å². The molecule has 7 atom stereocenters. The molecular weight excluding hydrogens is 714 g/mol. The molecule has 0 spiro atoms. The van der Waals surface area contributed by atoms with Crippen LogP contribution in [-0.2, 0) is 59.6 Å². The van der Waals surface area contributed by atoms with Crippen molar-refractivity contribution in [3.8, 4) is 0 Å². The minimum absolute atomic E-state index is 0.117. The van der Waals surface area contributed by atoms with Crippen molar-refractivity contribution in [2.75, 3.05) is 33.9 Å². The number of hydrogen-bond donors (Lipinski definition) is 2. The number of amides is 1. The molecule has 6 rings (SSSR count). The number of hydrogen-bond acceptors (Lipinski definition) is 10. The summed E-state index contributed by atoms with van der Waals surface area (Å²) in [6, 6.07) is 43.9. The molecule has 0 aliphatic carbocycles. The minimum Gasteiger partial charge on any atom is -0.438 e. The van der Waals surface area contributed by atoms with Gasteiger partial charge in [0.15, 0.2) is 12.4 Å². The molecule has 56 heavy (non-hydrogen) atoms. The van der Waals surface area contributed by atoms with E-state index in [9.17, 15) is 15.0 Å². The lowest BCUT2D eigenvalue weighted by atomic mass is 10.1. The van der Waals surface area contributed by atoms with Crippen LogP contribution in [0.4, 0.5) is 4.79 Å². The molecule has 11 heteroatoms. The summed E-state index contributed by atoms with van der Waals surface area (Å²) in [6.07, 6.45) is -7.68. The zero-order valence-electron chi connectivity index (χ0n) is 31.8. The number of fused-ring (bicyclic) bond motifs is 1. The van der Waals surface area contributed by atoms with Crippen LogP contribution in [0.2, 0.25) is 0 Å². The van der Waals surface area contributed by atoms with Crippen LogP contribution in [0.1, 0.15) is 22.3 Å². The molecule has 11 nitrogen and oxygen atoms in total. The maximum atomic E-state index is 12.6. The van der Waals surface area contributed by atoms with Gasteiger partial charge in [0.1, 0.15) is 30.5 Å². The number of nitrogens with zero attached hydrogens (tertiary/aromatic N) is 1. The van der Waals surface area contributed by atoms with Crippen molar-refractivity contribution in [1.82, 2.24) is 4.90 Å². The Morgan fingerprint density at radius 3 is 1.77 bits per heavy atom. The number of aliphatic hydroxyl groups excluding tert-OH is 2. The summed E-state index contributed by atoms with van der Waals surface area (Å²) in [5, 5.41) is 23.2. The summed E-state index contributed by atoms with van der Waals surface area (Å²) in [6.45, 7) is 0.602. The van der Waals surface area contributed by atoms with Crippen LogP contribution in [0.25, 0.3) is 10.8 Å². The fraction of sp³-hybridized carbons (Fsp3) is 0.356. The van der Waals surface area contributed by atoms with Crippen LogP contribution in [0.3, 0.4) is 0 Å². The molecule has 5 aromatic rings. The maximum Gasteiger partial charge on any atom is 0.409 e. The molecule has 1 fully saturated rings. The van der Waals surface area contributed by atoms with Crippen molar-refractivity contribution in [1.29, 1.82) is 0 Å². The van der Waals surface area contributed by atoms with Crippen LogP contribution in [0, 0.1) is 0 Å². The van der Waals surface area contributed by atoms with Gasteiger partial charge < -0.3 is 48.3 Å². The minimum atomic E-state index is -1.33. The van der Waals surface area contributed by atoms with Gasteiger partial charge in [0, 0.05) is 14.1 Å². The molecule has 2 N–H and O–H groups in total. The predicted molar refractivity (Wildman–Crippen MR) is 210 cm³/mol. The van der Waals surface area contributed by atoms with E-state index in [4.69, 9.17) is 33.2 Å². The fourth-order valence-electron chi connectivity index (χ4n) is 6.40. The second-order valence-corrected chi connectivity index (χ2v) is 13.9. The quantitative estimate of drug-likeness (QED) is 0.0937. The van der Waals surface area contributed by atoms with E-state index in [0.717, 1.165) is 33.0 Å². The summed E-state index contributed by atoms with van der Waals surface area (Å²) in [5.41, 5.74) is 3.86. The van der Waals surface area contributed by atoms with Crippen LogP contribution in [0.15, 0.2) is 133 Å². The summed E-state index contributed by atoms with van der Waals surface area (Å²) in [7, 11) is 3.06. The molecular formula is C45H51NO10. The van der Waals surface area contributed by atoms with Gasteiger partial charge in [-0.1, -0.05) is 127 Å². The van der Waals surface area contributed by atoms with Gasteiger partial charge >= 0.3 is 6.09 Å². The molecule has 1 aliphatic heterocycles. The SMILES string of the molecule is CN(C)C(=O)O[C@H]1C(O)[C@@H](CO)O[C@H]1OCC(OCc1ccccc1)C(OCc1ccccc1)C(COCc1ccc2ccccc2c1)OCc1ccccc1. The van der Waals surface area contributed by atoms with Crippen LogP contribution in [0.5, 0.6) is 0 Å². The normalized spacial score (nSPS) is 19.7. The van der Waals surface area contributed by atoms with Gasteiger partial charge in [0.05, 0.1) is 46.2 Å². The summed E-state index contributed by atoms with van der Waals surface area (Å²) >= 11 is 0. The Bertz CT molecular complexity index is 1900. The van der Waals surface area contributed by atoms with Gasteiger partial charge in [-0.3, -0.25) is 0 Å². The molecule has 1 aliphatic rings. The van der Waals surface area contributed by atoms with E-state index in [-0.39, 0.29) is 33.0 Å². The van der Waals surface area contributed by atoms with Gasteiger partial charge in [-0.15, -0.1) is 0 Å². The standard InChI is InChI=1S/C45H51NO10/c1-46(2)45(49)56-43-41(48)38(25-47)55-44(43)54-31-40(52-28-33-16-8-4-9-17-33)42(53-29-34-18-10-5-11-19-34)39(51-27-32-14-6-3-7-15-32)30-50-26-35-22-23-36-20-12-13-21-37(36)24-35/h3-24,38-44,47-48H,25-31H2,1-2H3/t38-,39?,40?,41?,42?,43+,44-/m1/s1. The molecule has 5 aromatic carbocycles. The second kappa shape index (κ2) is 21.0. The predicted octanol–water partition coefficient (Wildman–Crippen LogP) is 6.27. The molecule has 1 heterocycles. The van der Waals surface area contributed by atoms with Crippen molar-refractivity contribution in [3.63, 3.8) is 0 Å². The monoisotopic (exact) mass is 765 g/mol. The number of carbonyl (C=O) groups excluding carboxylic acids is 1. The molecule has 0 saturated carbocycles. The summed E-state index contributed by atoms with van der Waals surface area (Å²) in [4.78, 5) is 13.8. The Morgan fingerprint density at radius 2 is 1.20 bits per heavy atom. The van der Waals surface area contributed by atoms with Gasteiger partial charge in [0.25, 0.3) is 0 Å². The van der Waals surface area contributed by atoms with Crippen LogP contribution >= 0.6 is 0 Å². The van der Waals surface area contributed by atoms with E-state index in [1.807, 2.05) is 103 Å². The highest BCUT2D eigenvalue weighted by Gasteiger charge is 2.48. The average Bonchev–Trinajstić information content (AvgIpc) is 3.54. The van der Waals surface area contributed by atoms with Gasteiger partial charge in [0.2, 0.25) is 0 Å². The van der Waals surface area contributed by atoms with E-state index in [2.05, 4.69) is 30.3 Å². The lowest BCUT2D eigenvalue weighted by Gasteiger charge is -2.34. The first kappa shape index (κ1) is 41.0. The first-order valence-electron chi connectivity index (χ1n) is 18.8. The third kappa shape index (κ3) is 11.7. The van der Waals surface area contributed by atoms with E-state index in [1.54, 1.807) is 0 Å². The highest BCUT2D eigenvalue weighted by atomic mass is 16.7. The summed E-state index contributed by atoms with van der Waals surface area (Å²) < 4.78 is 44.3. The Labute approximate surface area is 328 Å². The number of rotatable bonds is 20. The van der Waals surface area contributed by atoms with E-state index in [0.29, 0.717) is 6.61 Å². The Balaban J connectivity index is 1.29. The fourth-order valence-corrected chi connectivity index (χ4v) is 6.40. The molecule has 4 unspecified atom stereocenters. The Hall–Kier alpha value is -4.69. The van der Waals surface area contributed by atoms with Gasteiger partial charge in [-0.25, -0.2) is 4.79 Å². The second-order valence-electron chi connectivity index (χ2n) is 13.9. The van der Waals surface area contributed by atoms with Crippen molar-refractivity contribution in [2.24, 2.45) is 0 Å². The number of benzene rings is 5. The Kier molecular flexibility index (Phi) is 15.4. The van der Waals surface area contributed by atoms with Crippen molar-refractivity contribution >= 4 is 16.9 Å². The highest BCUT2D eigenvalue weighted by molar-refractivity contribution is 5.82. The molecule has 1 amide bonds. The van der Waals surface area contributed by atoms with Crippen molar-refractivity contribution in [3.05, 3.63) is 156 Å². The third-order valence-corrected chi connectivity index (χ3v) is 9.50. The molecule has 1 saturated heterocycles. The average molecular weight is 766 g/mol. The number of carbonyl (C=O) groups is 1. The third-order valence-electron chi connectivity index (χ3n) is 9.50. The van der Waals surface area contributed by atoms with Gasteiger partial charge in [-0.05, 0) is 39.1 Å². The van der Waals surface area contributed by atoms with E-state index >= 15 is 0 Å². The van der Waals surface area contributed by atoms with E-state index in [1.165, 1.54) is 19.0 Å². The van der Waals surface area contributed by atoms with Crippen LogP contribution in [-0.4, -0.2) is 98.0 Å². The maximum absolute atomic E-state index is 12.6. The molecule has 0 bridgehead atoms. The first-order valence-corrected chi connectivity index (χ1v) is 18.8. The lowest BCUT2D eigenvalue weighted by Crippen LogP contribution is -2.48. The Morgan fingerprint density at radius 1 is 0.661 bits per heavy atom.